The van der Waals surface area contributed by atoms with Crippen LogP contribution in [-0.4, -0.2) is 16.5 Å². The number of carbonyl (C=O) groups excluding carboxylic acids is 1. The molecule has 0 aromatic heterocycles. The summed E-state index contributed by atoms with van der Waals surface area (Å²) >= 11 is 0. The van der Waals surface area contributed by atoms with Gasteiger partial charge in [0.1, 0.15) is 0 Å². The van der Waals surface area contributed by atoms with Crippen LogP contribution in [0.4, 0.5) is 0 Å². The van der Waals surface area contributed by atoms with Crippen LogP contribution < -0.4 is 0 Å². The Bertz CT molecular complexity index is 286. The Morgan fingerprint density at radius 2 is 1.04 bits per heavy atom. The zero-order chi connectivity index (χ0) is 19.5. The summed E-state index contributed by atoms with van der Waals surface area (Å²) < 4.78 is 5.00. The van der Waals surface area contributed by atoms with Gasteiger partial charge in [0.2, 0.25) is 10.5 Å². The Morgan fingerprint density at radius 1 is 0.654 bits per heavy atom. The van der Waals surface area contributed by atoms with E-state index in [2.05, 4.69) is 20.8 Å². The normalized spacial score (nSPS) is 11.8. The maximum atomic E-state index is 11.6. The van der Waals surface area contributed by atoms with Crippen molar-refractivity contribution in [3.8, 4) is 0 Å². The first-order chi connectivity index (χ1) is 12.6. The van der Waals surface area contributed by atoms with E-state index in [1.807, 2.05) is 0 Å². The van der Waals surface area contributed by atoms with Crippen LogP contribution in [0, 0.1) is 5.41 Å². The van der Waals surface area contributed by atoms with Gasteiger partial charge in [0.05, 0.1) is 0 Å². The van der Waals surface area contributed by atoms with Crippen LogP contribution >= 0.6 is 0 Å². The van der Waals surface area contributed by atoms with E-state index in [9.17, 15) is 4.79 Å². The average molecular weight is 385 g/mol. The molecule has 156 valence electrons. The highest BCUT2D eigenvalue weighted by Crippen LogP contribution is 2.42. The van der Waals surface area contributed by atoms with Gasteiger partial charge in [0, 0.05) is 6.42 Å². The van der Waals surface area contributed by atoms with Gasteiger partial charge in [0.25, 0.3) is 5.97 Å². The van der Waals surface area contributed by atoms with Crippen molar-refractivity contribution in [1.29, 1.82) is 0 Å². The number of carbonyl (C=O) groups is 1. The van der Waals surface area contributed by atoms with Gasteiger partial charge in [0.15, 0.2) is 0 Å². The summed E-state index contributed by atoms with van der Waals surface area (Å²) in [7, 11) is 0.537. The molecule has 0 aromatic carbocycles. The molecular formula is C23H48O2Si. The number of hydrogen-bond acceptors (Lipinski definition) is 2. The quantitative estimate of drug-likeness (QED) is 0.179. The van der Waals surface area contributed by atoms with E-state index < -0.39 is 0 Å². The molecule has 0 radical (unpaired) electrons. The number of unbranched alkanes of at least 4 members (excludes halogenated alkanes) is 9. The van der Waals surface area contributed by atoms with Crippen molar-refractivity contribution < 1.29 is 9.22 Å². The predicted molar refractivity (Wildman–Crippen MR) is 119 cm³/mol. The largest absolute Gasteiger partial charge is 0.529 e. The summed E-state index contributed by atoms with van der Waals surface area (Å²) in [4.78, 5) is 11.6. The van der Waals surface area contributed by atoms with Crippen LogP contribution in [-0.2, 0) is 9.22 Å². The Hall–Kier alpha value is -0.313. The molecule has 0 rings (SSSR count). The molecular weight excluding hydrogens is 336 g/mol. The fourth-order valence-corrected chi connectivity index (χ4v) is 4.44. The van der Waals surface area contributed by atoms with E-state index >= 15 is 0 Å². The molecule has 0 aliphatic rings. The molecule has 0 bridgehead atoms. The van der Waals surface area contributed by atoms with Crippen LogP contribution in [0.3, 0.4) is 0 Å². The van der Waals surface area contributed by atoms with Crippen molar-refractivity contribution in [1.82, 2.24) is 0 Å². The highest BCUT2D eigenvalue weighted by Gasteiger charge is 2.28. The van der Waals surface area contributed by atoms with Crippen LogP contribution in [0.2, 0.25) is 0 Å². The molecule has 0 heterocycles. The molecule has 0 unspecified atom stereocenters. The zero-order valence-corrected chi connectivity index (χ0v) is 20.5. The lowest BCUT2D eigenvalue weighted by atomic mass is 9.70. The van der Waals surface area contributed by atoms with E-state index in [1.54, 1.807) is 0 Å². The standard InChI is InChI=1S/C23H48O2Si/c1-4-7-10-13-18-23(19-14-11-8-5-2,20-15-12-9-6-3)21-16-17-22(24)25-26/h4-21H2,1-3,26H3. The van der Waals surface area contributed by atoms with Gasteiger partial charge < -0.3 is 4.43 Å². The Balaban J connectivity index is 4.75. The molecule has 0 aliphatic heterocycles. The first-order valence-electron chi connectivity index (χ1n) is 11.7. The second-order valence-corrected chi connectivity index (χ2v) is 8.77. The molecule has 2 nitrogen and oxygen atoms in total. The van der Waals surface area contributed by atoms with Crippen molar-refractivity contribution in [3.63, 3.8) is 0 Å². The third kappa shape index (κ3) is 13.8. The van der Waals surface area contributed by atoms with Crippen LogP contribution in [0.1, 0.15) is 136 Å². The summed E-state index contributed by atoms with van der Waals surface area (Å²) in [5.74, 6) is 0.0218. The van der Waals surface area contributed by atoms with Crippen molar-refractivity contribution in [3.05, 3.63) is 0 Å². The Morgan fingerprint density at radius 3 is 1.38 bits per heavy atom. The van der Waals surface area contributed by atoms with Gasteiger partial charge in [-0.3, -0.25) is 4.79 Å². The third-order valence-corrected chi connectivity index (χ3v) is 6.45. The summed E-state index contributed by atoms with van der Waals surface area (Å²) in [5.41, 5.74) is 0.487. The van der Waals surface area contributed by atoms with Gasteiger partial charge in [-0.25, -0.2) is 0 Å². The summed E-state index contributed by atoms with van der Waals surface area (Å²) in [5, 5.41) is 0. The Kier molecular flexibility index (Phi) is 17.9. The maximum Gasteiger partial charge on any atom is 0.291 e. The molecule has 0 atom stereocenters. The van der Waals surface area contributed by atoms with E-state index in [1.165, 1.54) is 103 Å². The van der Waals surface area contributed by atoms with E-state index in [0.29, 0.717) is 22.3 Å². The minimum atomic E-state index is 0.0218. The van der Waals surface area contributed by atoms with Gasteiger partial charge in [-0.05, 0) is 37.5 Å². The van der Waals surface area contributed by atoms with E-state index in [4.69, 9.17) is 4.43 Å². The summed E-state index contributed by atoms with van der Waals surface area (Å²) in [6, 6.07) is 0. The van der Waals surface area contributed by atoms with Gasteiger partial charge >= 0.3 is 0 Å². The topological polar surface area (TPSA) is 26.3 Å². The molecule has 0 N–H and O–H groups in total. The smallest absolute Gasteiger partial charge is 0.291 e. The molecule has 0 saturated heterocycles. The van der Waals surface area contributed by atoms with Gasteiger partial charge in [-0.1, -0.05) is 97.8 Å². The SMILES string of the molecule is CCCCCCC(CCCCCC)(CCCCCC)CCCC(=O)O[SiH3]. The minimum Gasteiger partial charge on any atom is -0.529 e. The fourth-order valence-electron chi connectivity index (χ4n) is 4.24. The second-order valence-electron chi connectivity index (χ2n) is 8.36. The summed E-state index contributed by atoms with van der Waals surface area (Å²) in [6.45, 7) is 6.88. The van der Waals surface area contributed by atoms with Crippen molar-refractivity contribution in [2.24, 2.45) is 5.41 Å². The highest BCUT2D eigenvalue weighted by molar-refractivity contribution is 6.05. The molecule has 26 heavy (non-hydrogen) atoms. The summed E-state index contributed by atoms with van der Waals surface area (Å²) in [6.07, 6.45) is 23.3. The minimum absolute atomic E-state index is 0.0218. The maximum absolute atomic E-state index is 11.6. The average Bonchev–Trinajstić information content (AvgIpc) is 2.65. The van der Waals surface area contributed by atoms with Crippen LogP contribution in [0.5, 0.6) is 0 Å². The number of rotatable bonds is 19. The van der Waals surface area contributed by atoms with Crippen molar-refractivity contribution in [2.45, 2.75) is 136 Å². The van der Waals surface area contributed by atoms with Crippen molar-refractivity contribution in [2.75, 3.05) is 0 Å². The molecule has 0 saturated carbocycles. The molecule has 0 spiro atoms. The first-order valence-corrected chi connectivity index (χ1v) is 12.5. The molecule has 3 heteroatoms. The predicted octanol–water partition coefficient (Wildman–Crippen LogP) is 6.88. The lowest BCUT2D eigenvalue weighted by Crippen LogP contribution is -2.22. The van der Waals surface area contributed by atoms with Gasteiger partial charge in [-0.15, -0.1) is 0 Å². The highest BCUT2D eigenvalue weighted by atomic mass is 28.2. The zero-order valence-electron chi connectivity index (χ0n) is 18.5. The Labute approximate surface area is 167 Å². The van der Waals surface area contributed by atoms with E-state index in [0.717, 1.165) is 6.42 Å². The monoisotopic (exact) mass is 384 g/mol. The second kappa shape index (κ2) is 18.1. The van der Waals surface area contributed by atoms with Gasteiger partial charge in [-0.2, -0.15) is 0 Å². The first kappa shape index (κ1) is 25.7. The van der Waals surface area contributed by atoms with E-state index in [-0.39, 0.29) is 5.97 Å². The third-order valence-electron chi connectivity index (χ3n) is 6.00. The molecule has 0 amide bonds. The lowest BCUT2D eigenvalue weighted by molar-refractivity contribution is -0.134. The fraction of sp³-hybridized carbons (Fsp3) is 0.957. The molecule has 0 fully saturated rings. The lowest BCUT2D eigenvalue weighted by Gasteiger charge is -2.35. The van der Waals surface area contributed by atoms with Crippen LogP contribution in [0.15, 0.2) is 0 Å². The molecule has 0 aromatic rings. The number of hydrogen-bond donors (Lipinski definition) is 0. The van der Waals surface area contributed by atoms with Crippen LogP contribution in [0.25, 0.3) is 0 Å². The van der Waals surface area contributed by atoms with Crippen molar-refractivity contribution >= 4 is 16.5 Å². The molecule has 0 aliphatic carbocycles.